The van der Waals surface area contributed by atoms with E-state index in [9.17, 15) is 4.79 Å². The highest BCUT2D eigenvalue weighted by atomic mass is 32.1. The summed E-state index contributed by atoms with van der Waals surface area (Å²) in [5.41, 5.74) is 8.56. The molecule has 7 nitrogen and oxygen atoms in total. The number of nitrogens with one attached hydrogen (secondary N) is 1. The van der Waals surface area contributed by atoms with Crippen LogP contribution in [0.4, 0.5) is 16.2 Å². The van der Waals surface area contributed by atoms with Crippen molar-refractivity contribution in [2.45, 2.75) is 13.0 Å². The third-order valence-corrected chi connectivity index (χ3v) is 4.37. The minimum Gasteiger partial charge on any atom is -0.442 e. The molecular weight excluding hydrogens is 328 g/mol. The zero-order valence-corrected chi connectivity index (χ0v) is 14.5. The molecule has 3 N–H and O–H groups in total. The molecule has 1 aromatic carbocycles. The van der Waals surface area contributed by atoms with Crippen LogP contribution in [0.3, 0.4) is 0 Å². The number of carbonyl (C=O) groups excluding carboxylic acids is 1. The van der Waals surface area contributed by atoms with Gasteiger partial charge in [-0.25, -0.2) is 4.79 Å². The molecule has 2 fully saturated rings. The Balaban J connectivity index is 1.69. The number of nitrogens with zero attached hydrogens (tertiary/aromatic N) is 2. The van der Waals surface area contributed by atoms with E-state index in [1.807, 2.05) is 12.1 Å². The van der Waals surface area contributed by atoms with Crippen LogP contribution in [-0.2, 0) is 9.47 Å². The molecule has 1 aromatic rings. The summed E-state index contributed by atoms with van der Waals surface area (Å²) in [6.07, 6.45) is -0.610. The van der Waals surface area contributed by atoms with Gasteiger partial charge in [0.1, 0.15) is 6.10 Å². The molecule has 1 amide bonds. The van der Waals surface area contributed by atoms with Crippen molar-refractivity contribution in [1.29, 1.82) is 0 Å². The first kappa shape index (κ1) is 16.8. The number of rotatable bonds is 4. The van der Waals surface area contributed by atoms with Crippen LogP contribution in [0, 0.1) is 6.92 Å². The number of anilines is 2. The molecule has 0 radical (unpaired) electrons. The minimum atomic E-state index is -0.344. The molecule has 2 saturated heterocycles. The number of aryl methyl sites for hydroxylation is 1. The molecule has 0 bridgehead atoms. The van der Waals surface area contributed by atoms with Crippen molar-refractivity contribution in [3.8, 4) is 0 Å². The van der Waals surface area contributed by atoms with E-state index in [2.05, 4.69) is 23.2 Å². The molecule has 1 atom stereocenters. The fraction of sp³-hybridized carbons (Fsp3) is 0.500. The summed E-state index contributed by atoms with van der Waals surface area (Å²) in [5, 5.41) is 3.03. The van der Waals surface area contributed by atoms with Gasteiger partial charge in [-0.2, -0.15) is 0 Å². The summed E-state index contributed by atoms with van der Waals surface area (Å²) in [7, 11) is 0. The number of benzene rings is 1. The van der Waals surface area contributed by atoms with Crippen molar-refractivity contribution in [1.82, 2.24) is 5.32 Å². The Hall–Kier alpha value is -2.06. The largest absolute Gasteiger partial charge is 0.442 e. The number of amides is 1. The smallest absolute Gasteiger partial charge is 0.414 e. The van der Waals surface area contributed by atoms with Gasteiger partial charge in [-0.1, -0.05) is 0 Å². The summed E-state index contributed by atoms with van der Waals surface area (Å²) >= 11 is 4.78. The van der Waals surface area contributed by atoms with Crippen molar-refractivity contribution < 1.29 is 14.3 Å². The normalized spacial score (nSPS) is 20.9. The van der Waals surface area contributed by atoms with Crippen molar-refractivity contribution in [3.05, 3.63) is 23.8 Å². The molecule has 3 rings (SSSR count). The lowest BCUT2D eigenvalue weighted by Crippen LogP contribution is -2.37. The molecule has 0 saturated carbocycles. The predicted molar refractivity (Wildman–Crippen MR) is 96.6 cm³/mol. The highest BCUT2D eigenvalue weighted by Gasteiger charge is 2.32. The lowest BCUT2D eigenvalue weighted by molar-refractivity contribution is 0.122. The Morgan fingerprint density at radius 3 is 2.83 bits per heavy atom. The Morgan fingerprint density at radius 1 is 1.42 bits per heavy atom. The van der Waals surface area contributed by atoms with Gasteiger partial charge in [0.2, 0.25) is 0 Å². The van der Waals surface area contributed by atoms with Crippen molar-refractivity contribution in [3.63, 3.8) is 0 Å². The van der Waals surface area contributed by atoms with E-state index in [0.29, 0.717) is 13.1 Å². The summed E-state index contributed by atoms with van der Waals surface area (Å²) < 4.78 is 10.7. The van der Waals surface area contributed by atoms with Crippen molar-refractivity contribution in [2.24, 2.45) is 5.73 Å². The fourth-order valence-electron chi connectivity index (χ4n) is 3.02. The van der Waals surface area contributed by atoms with Crippen LogP contribution in [-0.4, -0.2) is 56.7 Å². The number of cyclic esters (lactones) is 1. The number of ether oxygens (including phenoxy) is 2. The standard InChI is InChI=1S/C16H22N4O3S/c1-11-8-12(2-3-14(11)19-4-6-22-7-5-19)20-10-13(23-16(20)21)9-18-15(17)24/h2-3,8,13H,4-7,9-10H2,1H3,(H3,17,18,24)/t13-/m0/s1. The zero-order chi connectivity index (χ0) is 17.1. The number of hydrogen-bond donors (Lipinski definition) is 2. The lowest BCUT2D eigenvalue weighted by atomic mass is 10.1. The van der Waals surface area contributed by atoms with Gasteiger partial charge < -0.3 is 25.4 Å². The third kappa shape index (κ3) is 3.70. The Bertz CT molecular complexity index is 634. The van der Waals surface area contributed by atoms with E-state index in [1.165, 1.54) is 5.69 Å². The average molecular weight is 350 g/mol. The maximum Gasteiger partial charge on any atom is 0.414 e. The van der Waals surface area contributed by atoms with Crippen LogP contribution < -0.4 is 20.9 Å². The lowest BCUT2D eigenvalue weighted by Gasteiger charge is -2.30. The molecule has 24 heavy (non-hydrogen) atoms. The van der Waals surface area contributed by atoms with Gasteiger partial charge in [0, 0.05) is 24.5 Å². The van der Waals surface area contributed by atoms with E-state index >= 15 is 0 Å². The summed E-state index contributed by atoms with van der Waals surface area (Å²) in [5.74, 6) is 0. The van der Waals surface area contributed by atoms with Crippen LogP contribution in [0.1, 0.15) is 5.56 Å². The van der Waals surface area contributed by atoms with Gasteiger partial charge in [0.05, 0.1) is 26.3 Å². The topological polar surface area (TPSA) is 80.1 Å². The maximum atomic E-state index is 12.1. The zero-order valence-electron chi connectivity index (χ0n) is 13.7. The Morgan fingerprint density at radius 2 is 2.17 bits per heavy atom. The maximum absolute atomic E-state index is 12.1. The average Bonchev–Trinajstić information content (AvgIpc) is 2.94. The van der Waals surface area contributed by atoms with E-state index in [-0.39, 0.29) is 17.3 Å². The molecule has 130 valence electrons. The fourth-order valence-corrected chi connectivity index (χ4v) is 3.10. The Labute approximate surface area is 146 Å². The van der Waals surface area contributed by atoms with Gasteiger partial charge in [-0.3, -0.25) is 4.90 Å². The second-order valence-corrected chi connectivity index (χ2v) is 6.37. The first-order valence-electron chi connectivity index (χ1n) is 7.99. The number of nitrogens with two attached hydrogens (primary N) is 1. The Kier molecular flexibility index (Phi) is 5.06. The first-order valence-corrected chi connectivity index (χ1v) is 8.40. The van der Waals surface area contributed by atoms with E-state index < -0.39 is 0 Å². The molecule has 0 unspecified atom stereocenters. The second-order valence-electron chi connectivity index (χ2n) is 5.93. The van der Waals surface area contributed by atoms with Crippen LogP contribution in [0.15, 0.2) is 18.2 Å². The van der Waals surface area contributed by atoms with Crippen molar-refractivity contribution in [2.75, 3.05) is 49.2 Å². The molecule has 0 spiro atoms. The molecule has 0 aliphatic carbocycles. The number of hydrogen-bond acceptors (Lipinski definition) is 5. The highest BCUT2D eigenvalue weighted by molar-refractivity contribution is 7.80. The molecule has 0 aromatic heterocycles. The predicted octanol–water partition coefficient (Wildman–Crippen LogP) is 0.990. The van der Waals surface area contributed by atoms with Crippen LogP contribution in [0.2, 0.25) is 0 Å². The van der Waals surface area contributed by atoms with E-state index in [4.69, 9.17) is 27.4 Å². The monoisotopic (exact) mass is 350 g/mol. The van der Waals surface area contributed by atoms with Gasteiger partial charge in [0.25, 0.3) is 0 Å². The molecule has 2 aliphatic rings. The van der Waals surface area contributed by atoms with Crippen molar-refractivity contribution >= 4 is 34.8 Å². The van der Waals surface area contributed by atoms with Gasteiger partial charge in [-0.05, 0) is 42.9 Å². The van der Waals surface area contributed by atoms with Gasteiger partial charge >= 0.3 is 6.09 Å². The minimum absolute atomic E-state index is 0.204. The quantitative estimate of drug-likeness (QED) is 0.784. The highest BCUT2D eigenvalue weighted by Crippen LogP contribution is 2.28. The van der Waals surface area contributed by atoms with Crippen LogP contribution in [0.5, 0.6) is 0 Å². The summed E-state index contributed by atoms with van der Waals surface area (Å²) in [6.45, 7) is 6.22. The molecular formula is C16H22N4O3S. The number of carbonyl (C=O) groups is 1. The molecule has 2 aliphatic heterocycles. The van der Waals surface area contributed by atoms with Crippen LogP contribution >= 0.6 is 12.2 Å². The summed E-state index contributed by atoms with van der Waals surface area (Å²) in [4.78, 5) is 16.1. The molecule has 2 heterocycles. The third-order valence-electron chi connectivity index (χ3n) is 4.22. The number of thiocarbonyl (C=S) groups is 1. The summed E-state index contributed by atoms with van der Waals surface area (Å²) in [6, 6.07) is 6.04. The van der Waals surface area contributed by atoms with Gasteiger partial charge in [0.15, 0.2) is 5.11 Å². The SMILES string of the molecule is Cc1cc(N2C[C@H](CNC(N)=S)OC2=O)ccc1N1CCOCC1. The van der Waals surface area contributed by atoms with Gasteiger partial charge in [-0.15, -0.1) is 0 Å². The molecule has 8 heteroatoms. The second kappa shape index (κ2) is 7.23. The van der Waals surface area contributed by atoms with E-state index in [1.54, 1.807) is 4.90 Å². The van der Waals surface area contributed by atoms with Crippen LogP contribution in [0.25, 0.3) is 0 Å². The number of morpholine rings is 1. The first-order chi connectivity index (χ1) is 11.5. The van der Waals surface area contributed by atoms with E-state index in [0.717, 1.165) is 37.6 Å².